The minimum Gasteiger partial charge on any atom is -0.290 e. The molecular formula is C11H6F2N4O. The van der Waals surface area contributed by atoms with Crippen LogP contribution in [0.3, 0.4) is 0 Å². The lowest BCUT2D eigenvalue weighted by Gasteiger charge is -2.03. The maximum Gasteiger partial charge on any atom is 0.263 e. The predicted octanol–water partition coefficient (Wildman–Crippen LogP) is 1.39. The molecule has 0 atom stereocenters. The SMILES string of the molecule is O=c1[nH]c(-n2cccn2)nc2cc(F)cc(F)c12. The van der Waals surface area contributed by atoms with E-state index in [1.807, 2.05) is 0 Å². The van der Waals surface area contributed by atoms with Gasteiger partial charge >= 0.3 is 0 Å². The zero-order chi connectivity index (χ0) is 12.7. The number of aromatic amines is 1. The van der Waals surface area contributed by atoms with Crippen LogP contribution in [-0.4, -0.2) is 19.7 Å². The maximum absolute atomic E-state index is 13.5. The van der Waals surface area contributed by atoms with Crippen LogP contribution in [0.1, 0.15) is 0 Å². The Hall–Kier alpha value is -2.57. The largest absolute Gasteiger partial charge is 0.290 e. The second kappa shape index (κ2) is 3.73. The van der Waals surface area contributed by atoms with Gasteiger partial charge in [-0.1, -0.05) is 0 Å². The van der Waals surface area contributed by atoms with Gasteiger partial charge in [0, 0.05) is 24.5 Å². The molecule has 0 fully saturated rings. The fourth-order valence-corrected chi connectivity index (χ4v) is 1.68. The van der Waals surface area contributed by atoms with Crippen LogP contribution >= 0.6 is 0 Å². The molecular weight excluding hydrogens is 242 g/mol. The molecule has 0 spiro atoms. The Balaban J connectivity index is 2.37. The van der Waals surface area contributed by atoms with Crippen molar-refractivity contribution in [3.8, 4) is 5.95 Å². The average Bonchev–Trinajstić information content (AvgIpc) is 2.80. The summed E-state index contributed by atoms with van der Waals surface area (Å²) >= 11 is 0. The molecule has 0 amide bonds. The number of fused-ring (bicyclic) bond motifs is 1. The molecule has 2 aromatic heterocycles. The summed E-state index contributed by atoms with van der Waals surface area (Å²) in [7, 11) is 0. The van der Waals surface area contributed by atoms with Gasteiger partial charge in [0.05, 0.1) is 5.52 Å². The molecule has 3 rings (SSSR count). The third-order valence-corrected chi connectivity index (χ3v) is 2.43. The minimum absolute atomic E-state index is 0.0539. The molecule has 1 aromatic carbocycles. The molecule has 90 valence electrons. The quantitative estimate of drug-likeness (QED) is 0.707. The summed E-state index contributed by atoms with van der Waals surface area (Å²) in [6.45, 7) is 0. The van der Waals surface area contributed by atoms with Gasteiger partial charge in [0.25, 0.3) is 5.56 Å². The van der Waals surface area contributed by atoms with Gasteiger partial charge in [-0.3, -0.25) is 9.78 Å². The Labute approximate surface area is 98.7 Å². The van der Waals surface area contributed by atoms with E-state index in [0.717, 1.165) is 6.07 Å². The summed E-state index contributed by atoms with van der Waals surface area (Å²) in [6, 6.07) is 3.28. The smallest absolute Gasteiger partial charge is 0.263 e. The Morgan fingerprint density at radius 1 is 1.28 bits per heavy atom. The van der Waals surface area contributed by atoms with Crippen molar-refractivity contribution in [2.75, 3.05) is 0 Å². The van der Waals surface area contributed by atoms with Crippen LogP contribution in [0.25, 0.3) is 16.9 Å². The van der Waals surface area contributed by atoms with Crippen LogP contribution in [0.5, 0.6) is 0 Å². The van der Waals surface area contributed by atoms with Gasteiger partial charge in [-0.15, -0.1) is 0 Å². The first kappa shape index (κ1) is 10.6. The molecule has 2 heterocycles. The number of hydrogen-bond acceptors (Lipinski definition) is 3. The second-order valence-electron chi connectivity index (χ2n) is 3.62. The van der Waals surface area contributed by atoms with Crippen LogP contribution in [0, 0.1) is 11.6 Å². The van der Waals surface area contributed by atoms with Crippen LogP contribution in [-0.2, 0) is 0 Å². The number of benzene rings is 1. The summed E-state index contributed by atoms with van der Waals surface area (Å²) in [6.07, 6.45) is 3.05. The molecule has 7 heteroatoms. The first-order valence-corrected chi connectivity index (χ1v) is 5.04. The molecule has 0 aliphatic carbocycles. The Morgan fingerprint density at radius 3 is 2.83 bits per heavy atom. The highest BCUT2D eigenvalue weighted by atomic mass is 19.1. The van der Waals surface area contributed by atoms with Crippen molar-refractivity contribution in [3.05, 3.63) is 52.6 Å². The normalized spacial score (nSPS) is 11.0. The van der Waals surface area contributed by atoms with Gasteiger partial charge in [-0.05, 0) is 6.07 Å². The predicted molar refractivity (Wildman–Crippen MR) is 59.4 cm³/mol. The van der Waals surface area contributed by atoms with Crippen molar-refractivity contribution in [2.24, 2.45) is 0 Å². The molecule has 5 nitrogen and oxygen atoms in total. The van der Waals surface area contributed by atoms with Crippen molar-refractivity contribution in [3.63, 3.8) is 0 Å². The van der Waals surface area contributed by atoms with Gasteiger partial charge in [0.15, 0.2) is 0 Å². The van der Waals surface area contributed by atoms with Crippen molar-refractivity contribution < 1.29 is 8.78 Å². The molecule has 0 radical (unpaired) electrons. The molecule has 18 heavy (non-hydrogen) atoms. The lowest BCUT2D eigenvalue weighted by Crippen LogP contribution is -2.15. The fourth-order valence-electron chi connectivity index (χ4n) is 1.68. The molecule has 3 aromatic rings. The Bertz CT molecular complexity index is 780. The number of halogens is 2. The average molecular weight is 248 g/mol. The first-order valence-electron chi connectivity index (χ1n) is 5.04. The lowest BCUT2D eigenvalue weighted by molar-refractivity contribution is 0.590. The molecule has 0 bridgehead atoms. The zero-order valence-electron chi connectivity index (χ0n) is 8.89. The highest BCUT2D eigenvalue weighted by Gasteiger charge is 2.11. The third-order valence-electron chi connectivity index (χ3n) is 2.43. The molecule has 0 aliphatic rings. The van der Waals surface area contributed by atoms with E-state index in [0.29, 0.717) is 6.07 Å². The van der Waals surface area contributed by atoms with Gasteiger partial charge in [-0.2, -0.15) is 5.10 Å². The summed E-state index contributed by atoms with van der Waals surface area (Å²) in [5.74, 6) is -1.63. The van der Waals surface area contributed by atoms with Gasteiger partial charge in [0.1, 0.15) is 17.0 Å². The summed E-state index contributed by atoms with van der Waals surface area (Å²) in [4.78, 5) is 18.1. The number of nitrogens with zero attached hydrogens (tertiary/aromatic N) is 3. The fraction of sp³-hybridized carbons (Fsp3) is 0. The van der Waals surface area contributed by atoms with Crippen LogP contribution in [0.2, 0.25) is 0 Å². The highest BCUT2D eigenvalue weighted by molar-refractivity contribution is 5.78. The van der Waals surface area contributed by atoms with Crippen molar-refractivity contribution in [2.45, 2.75) is 0 Å². The topological polar surface area (TPSA) is 63.6 Å². The number of aromatic nitrogens is 4. The second-order valence-corrected chi connectivity index (χ2v) is 3.62. The maximum atomic E-state index is 13.5. The van der Waals surface area contributed by atoms with Crippen molar-refractivity contribution in [1.29, 1.82) is 0 Å². The standard InChI is InChI=1S/C11H6F2N4O/c12-6-4-7(13)9-8(5-6)15-11(16-10(9)18)17-3-1-2-14-17/h1-5H,(H,15,16,18). The van der Waals surface area contributed by atoms with Crippen LogP contribution in [0.15, 0.2) is 35.4 Å². The highest BCUT2D eigenvalue weighted by Crippen LogP contribution is 2.14. The number of hydrogen-bond donors (Lipinski definition) is 1. The Morgan fingerprint density at radius 2 is 2.11 bits per heavy atom. The first-order chi connectivity index (χ1) is 8.65. The van der Waals surface area contributed by atoms with E-state index in [2.05, 4.69) is 15.1 Å². The van der Waals surface area contributed by atoms with Crippen LogP contribution < -0.4 is 5.56 Å². The third kappa shape index (κ3) is 1.56. The van der Waals surface area contributed by atoms with Crippen molar-refractivity contribution >= 4 is 10.9 Å². The van der Waals surface area contributed by atoms with E-state index in [1.165, 1.54) is 10.9 Å². The molecule has 0 unspecified atom stereocenters. The van der Waals surface area contributed by atoms with E-state index in [-0.39, 0.29) is 16.9 Å². The van der Waals surface area contributed by atoms with Crippen LogP contribution in [0.4, 0.5) is 8.78 Å². The number of H-pyrrole nitrogens is 1. The van der Waals surface area contributed by atoms with Crippen molar-refractivity contribution in [1.82, 2.24) is 19.7 Å². The molecule has 0 saturated carbocycles. The zero-order valence-corrected chi connectivity index (χ0v) is 8.89. The van der Waals surface area contributed by atoms with Gasteiger partial charge in [-0.25, -0.2) is 18.4 Å². The Kier molecular flexibility index (Phi) is 2.19. The molecule has 0 aliphatic heterocycles. The van der Waals surface area contributed by atoms with E-state index in [9.17, 15) is 13.6 Å². The van der Waals surface area contributed by atoms with E-state index >= 15 is 0 Å². The number of nitrogens with one attached hydrogen (secondary N) is 1. The van der Waals surface area contributed by atoms with Gasteiger partial charge in [0.2, 0.25) is 5.95 Å². The monoisotopic (exact) mass is 248 g/mol. The lowest BCUT2D eigenvalue weighted by atomic mass is 10.2. The minimum atomic E-state index is -0.939. The van der Waals surface area contributed by atoms with E-state index < -0.39 is 17.2 Å². The number of rotatable bonds is 1. The summed E-state index contributed by atoms with van der Waals surface area (Å²) < 4.78 is 27.8. The van der Waals surface area contributed by atoms with E-state index in [1.54, 1.807) is 12.3 Å². The van der Waals surface area contributed by atoms with E-state index in [4.69, 9.17) is 0 Å². The molecule has 0 saturated heterocycles. The molecule has 1 N–H and O–H groups in total. The van der Waals surface area contributed by atoms with Gasteiger partial charge < -0.3 is 0 Å². The summed E-state index contributed by atoms with van der Waals surface area (Å²) in [5, 5.41) is 3.60. The summed E-state index contributed by atoms with van der Waals surface area (Å²) in [5.41, 5.74) is -0.732.